The Morgan fingerprint density at radius 1 is 1.13 bits per heavy atom. The molecule has 0 radical (unpaired) electrons. The molecule has 0 aliphatic carbocycles. The minimum atomic E-state index is -1.08. The third kappa shape index (κ3) is 2.81. The predicted octanol–water partition coefficient (Wildman–Crippen LogP) is 1.76. The molecule has 2 aromatic heterocycles. The Bertz CT molecular complexity index is 1020. The number of aromatic amines is 1. The van der Waals surface area contributed by atoms with Gasteiger partial charge in [0, 0.05) is 33.8 Å². The summed E-state index contributed by atoms with van der Waals surface area (Å²) in [6.45, 7) is 0.972. The van der Waals surface area contributed by atoms with Crippen molar-refractivity contribution in [1.82, 2.24) is 4.98 Å². The molecule has 0 saturated heterocycles. The van der Waals surface area contributed by atoms with Gasteiger partial charge in [0.05, 0.1) is 5.39 Å². The fourth-order valence-corrected chi connectivity index (χ4v) is 2.75. The number of aryl methyl sites for hydroxylation is 1. The van der Waals surface area contributed by atoms with Gasteiger partial charge >= 0.3 is 0 Å². The minimum Gasteiger partial charge on any atom is -0.550 e. The van der Waals surface area contributed by atoms with Gasteiger partial charge in [-0.2, -0.15) is 0 Å². The van der Waals surface area contributed by atoms with E-state index in [1.165, 1.54) is 16.2 Å². The molecule has 0 fully saturated rings. The molecule has 23 heavy (non-hydrogen) atoms. The van der Waals surface area contributed by atoms with Crippen LogP contribution in [-0.4, -0.2) is 16.1 Å². The maximum Gasteiger partial charge on any atom is 0.177 e. The van der Waals surface area contributed by atoms with Gasteiger partial charge in [0.2, 0.25) is 0 Å². The van der Waals surface area contributed by atoms with Crippen LogP contribution in [0.5, 0.6) is 5.75 Å². The summed E-state index contributed by atoms with van der Waals surface area (Å²) in [7, 11) is 2.02. The molecule has 2 N–H and O–H groups in total. The molecule has 5 nitrogen and oxygen atoms in total. The second-order valence-corrected chi connectivity index (χ2v) is 5.45. The summed E-state index contributed by atoms with van der Waals surface area (Å²) in [4.78, 5) is 12.3. The van der Waals surface area contributed by atoms with E-state index in [4.69, 9.17) is 9.90 Å². The molecule has 2 heterocycles. The second kappa shape index (κ2) is 5.61. The third-order valence-corrected chi connectivity index (χ3v) is 3.64. The number of nitrogens with one attached hydrogen (secondary N) is 1. The molecular weight excluding hydrogens is 292 g/mol. The number of carbonyl (C=O) groups is 1. The Morgan fingerprint density at radius 2 is 1.83 bits per heavy atom. The van der Waals surface area contributed by atoms with Crippen molar-refractivity contribution in [3.63, 3.8) is 0 Å². The highest BCUT2D eigenvalue weighted by atomic mass is 16.4. The van der Waals surface area contributed by atoms with E-state index in [1.54, 1.807) is 6.07 Å². The molecule has 116 valence electrons. The van der Waals surface area contributed by atoms with Crippen LogP contribution < -0.4 is 9.67 Å². The van der Waals surface area contributed by atoms with Gasteiger partial charge in [-0.15, -0.1) is 0 Å². The van der Waals surface area contributed by atoms with Gasteiger partial charge in [0.1, 0.15) is 12.8 Å². The number of aromatic hydroxyl groups is 1. The SMILES string of the molecule is CC(=O)[O-].C[n+]1ccc2ccc3[nH]c4ccc(O)cc4c3c2c1. The molecular formula is C18H16N2O3. The first-order chi connectivity index (χ1) is 11.0. The number of phenolic OH excluding ortho intramolecular Hbond substituents is 1. The number of hydrogen-bond donors (Lipinski definition) is 2. The molecule has 5 heteroatoms. The Labute approximate surface area is 132 Å². The first-order valence-electron chi connectivity index (χ1n) is 7.15. The molecule has 0 atom stereocenters. The molecule has 4 aromatic rings. The zero-order valence-electron chi connectivity index (χ0n) is 12.8. The molecule has 4 rings (SSSR count). The van der Waals surface area contributed by atoms with Crippen molar-refractivity contribution in [2.75, 3.05) is 0 Å². The number of H-pyrrole nitrogens is 1. The molecule has 0 aliphatic heterocycles. The highest BCUT2D eigenvalue weighted by Crippen LogP contribution is 2.33. The average Bonchev–Trinajstić information content (AvgIpc) is 2.84. The lowest BCUT2D eigenvalue weighted by atomic mass is 10.1. The molecule has 0 aliphatic rings. The summed E-state index contributed by atoms with van der Waals surface area (Å²) in [5.41, 5.74) is 2.14. The number of carbonyl (C=O) groups excluding carboxylic acids is 1. The predicted molar refractivity (Wildman–Crippen MR) is 86.8 cm³/mol. The molecule has 2 aromatic carbocycles. The molecule has 0 unspecified atom stereocenters. The number of fused-ring (bicyclic) bond motifs is 5. The van der Waals surface area contributed by atoms with Crippen molar-refractivity contribution in [3.8, 4) is 5.75 Å². The van der Waals surface area contributed by atoms with Gasteiger partial charge in [-0.1, -0.05) is 6.07 Å². The van der Waals surface area contributed by atoms with Crippen LogP contribution in [0.15, 0.2) is 48.8 Å². The maximum atomic E-state index is 9.72. The lowest BCUT2D eigenvalue weighted by Crippen LogP contribution is -2.25. The smallest absolute Gasteiger partial charge is 0.177 e. The van der Waals surface area contributed by atoms with Crippen LogP contribution in [-0.2, 0) is 11.8 Å². The van der Waals surface area contributed by atoms with Crippen molar-refractivity contribution in [3.05, 3.63) is 48.8 Å². The molecule has 0 bridgehead atoms. The van der Waals surface area contributed by atoms with E-state index in [-0.39, 0.29) is 0 Å². The molecule has 0 amide bonds. The van der Waals surface area contributed by atoms with Crippen LogP contribution >= 0.6 is 0 Å². The number of carboxylic acid groups (broad SMARTS) is 1. The number of rotatable bonds is 0. The quantitative estimate of drug-likeness (QED) is 0.486. The lowest BCUT2D eigenvalue weighted by molar-refractivity contribution is -0.670. The lowest BCUT2D eigenvalue weighted by Gasteiger charge is -1.99. The monoisotopic (exact) mass is 308 g/mol. The first kappa shape index (κ1) is 14.8. The van der Waals surface area contributed by atoms with E-state index < -0.39 is 5.97 Å². The topological polar surface area (TPSA) is 80.0 Å². The number of pyridine rings is 1. The average molecular weight is 308 g/mol. The number of hydrogen-bond acceptors (Lipinski definition) is 3. The van der Waals surface area contributed by atoms with E-state index in [1.807, 2.05) is 29.9 Å². The number of carboxylic acids is 1. The van der Waals surface area contributed by atoms with Gasteiger partial charge in [0.25, 0.3) is 0 Å². The summed E-state index contributed by atoms with van der Waals surface area (Å²) in [5, 5.41) is 23.2. The van der Waals surface area contributed by atoms with Gasteiger partial charge in [0.15, 0.2) is 12.4 Å². The second-order valence-electron chi connectivity index (χ2n) is 5.45. The van der Waals surface area contributed by atoms with E-state index in [0.29, 0.717) is 5.75 Å². The zero-order chi connectivity index (χ0) is 16.6. The third-order valence-electron chi connectivity index (χ3n) is 3.64. The number of aromatic nitrogens is 2. The normalized spacial score (nSPS) is 10.7. The number of nitrogens with zero attached hydrogens (tertiary/aromatic N) is 1. The summed E-state index contributed by atoms with van der Waals surface area (Å²) < 4.78 is 2.05. The number of benzene rings is 2. The summed E-state index contributed by atoms with van der Waals surface area (Å²) in [5.74, 6) is -0.786. The Kier molecular flexibility index (Phi) is 3.62. The summed E-state index contributed by atoms with van der Waals surface area (Å²) in [6, 6.07) is 11.8. The fraction of sp³-hybridized carbons (Fsp3) is 0.111. The van der Waals surface area contributed by atoms with Crippen LogP contribution in [0.4, 0.5) is 0 Å². The highest BCUT2D eigenvalue weighted by Gasteiger charge is 2.10. The van der Waals surface area contributed by atoms with E-state index in [0.717, 1.165) is 23.3 Å². The molecule has 0 spiro atoms. The zero-order valence-corrected chi connectivity index (χ0v) is 12.8. The van der Waals surface area contributed by atoms with Crippen LogP contribution in [0.2, 0.25) is 0 Å². The Balaban J connectivity index is 0.000000354. The maximum absolute atomic E-state index is 9.72. The fourth-order valence-electron chi connectivity index (χ4n) is 2.75. The van der Waals surface area contributed by atoms with Crippen molar-refractivity contribution in [1.29, 1.82) is 0 Å². The van der Waals surface area contributed by atoms with Crippen molar-refractivity contribution < 1.29 is 19.6 Å². The van der Waals surface area contributed by atoms with E-state index in [2.05, 4.69) is 29.4 Å². The van der Waals surface area contributed by atoms with Crippen LogP contribution in [0.25, 0.3) is 32.6 Å². The van der Waals surface area contributed by atoms with Gasteiger partial charge in [-0.3, -0.25) is 0 Å². The minimum absolute atomic E-state index is 0.297. The van der Waals surface area contributed by atoms with Crippen molar-refractivity contribution >= 4 is 38.5 Å². The number of phenols is 1. The standard InChI is InChI=1S/C16H12N2O.C2H4O2/c1-18-7-6-10-2-4-15-16(13(10)9-18)12-8-11(19)3-5-14(12)17-15;1-2(3)4/h2-9,19H,1H3;1H3,(H,3,4). The first-order valence-corrected chi connectivity index (χ1v) is 7.15. The van der Waals surface area contributed by atoms with Crippen molar-refractivity contribution in [2.24, 2.45) is 7.05 Å². The summed E-state index contributed by atoms with van der Waals surface area (Å²) in [6.07, 6.45) is 4.16. The van der Waals surface area contributed by atoms with Crippen LogP contribution in [0.1, 0.15) is 6.92 Å². The largest absolute Gasteiger partial charge is 0.550 e. The van der Waals surface area contributed by atoms with Gasteiger partial charge in [-0.05, 0) is 36.6 Å². The Morgan fingerprint density at radius 3 is 2.57 bits per heavy atom. The summed E-state index contributed by atoms with van der Waals surface area (Å²) >= 11 is 0. The molecule has 0 saturated carbocycles. The highest BCUT2D eigenvalue weighted by molar-refractivity contribution is 6.19. The van der Waals surface area contributed by atoms with E-state index >= 15 is 0 Å². The van der Waals surface area contributed by atoms with Crippen LogP contribution in [0.3, 0.4) is 0 Å². The Hall–Kier alpha value is -3.08. The van der Waals surface area contributed by atoms with Crippen molar-refractivity contribution in [2.45, 2.75) is 6.92 Å². The van der Waals surface area contributed by atoms with Gasteiger partial charge in [-0.25, -0.2) is 4.57 Å². The van der Waals surface area contributed by atoms with Crippen LogP contribution in [0, 0.1) is 0 Å². The number of aliphatic carboxylic acids is 1. The van der Waals surface area contributed by atoms with E-state index in [9.17, 15) is 5.11 Å². The van der Waals surface area contributed by atoms with Gasteiger partial charge < -0.3 is 20.0 Å².